The number of rotatable bonds is 7. The molecule has 6 rings (SSSR count). The van der Waals surface area contributed by atoms with Gasteiger partial charge in [-0.15, -0.1) is 0 Å². The van der Waals surface area contributed by atoms with Gasteiger partial charge in [0.15, 0.2) is 5.75 Å². The highest BCUT2D eigenvalue weighted by Crippen LogP contribution is 2.40. The smallest absolute Gasteiger partial charge is 0.324 e. The van der Waals surface area contributed by atoms with E-state index in [0.717, 1.165) is 30.8 Å². The first kappa shape index (κ1) is 29.3. The number of nitrogens with two attached hydrogens (primary N) is 1. The number of amides is 1. The lowest BCUT2D eigenvalue weighted by Crippen LogP contribution is -2.48. The molecule has 2 aromatic heterocycles. The largest absolute Gasteiger partial charge is 0.434 e. The molecule has 4 heterocycles. The topological polar surface area (TPSA) is 134 Å². The molecule has 11 nitrogen and oxygen atoms in total. The minimum atomic E-state index is -0.796. The fourth-order valence-corrected chi connectivity index (χ4v) is 5.68. The maximum Gasteiger partial charge on any atom is 0.324 e. The minimum absolute atomic E-state index is 0.00120. The predicted molar refractivity (Wildman–Crippen MR) is 167 cm³/mol. The summed E-state index contributed by atoms with van der Waals surface area (Å²) in [6.07, 6.45) is 4.67. The van der Waals surface area contributed by atoms with Gasteiger partial charge in [0.1, 0.15) is 27.9 Å². The van der Waals surface area contributed by atoms with Crippen LogP contribution >= 0.6 is 11.6 Å². The third kappa shape index (κ3) is 5.49. The zero-order chi connectivity index (χ0) is 31.0. The Balaban J connectivity index is 1.47. The minimum Gasteiger partial charge on any atom is -0.434 e. The fourth-order valence-electron chi connectivity index (χ4n) is 5.48. The van der Waals surface area contributed by atoms with E-state index in [1.54, 1.807) is 11.0 Å². The number of aromatic nitrogens is 3. The van der Waals surface area contributed by atoms with E-state index >= 15 is 0 Å². The van der Waals surface area contributed by atoms with Crippen molar-refractivity contribution in [1.29, 1.82) is 5.41 Å². The number of fused-ring (bicyclic) bond motifs is 2. The number of benzene rings is 2. The SMILES string of the molecule is C=CC(=O)N1CCN(c2nc(Oc3cccc4c3CN(C)CC4)nc3c(Oc4c(Cl)c(F)cc(N)c4C=N)nccc23)CC1. The molecule has 0 aliphatic carbocycles. The van der Waals surface area contributed by atoms with E-state index in [2.05, 4.69) is 29.6 Å². The Labute approximate surface area is 258 Å². The molecule has 0 spiro atoms. The highest BCUT2D eigenvalue weighted by molar-refractivity contribution is 6.33. The fraction of sp³-hybridized carbons (Fsp3) is 0.258. The van der Waals surface area contributed by atoms with Crippen LogP contribution in [0, 0.1) is 11.2 Å². The van der Waals surface area contributed by atoms with Crippen molar-refractivity contribution in [1.82, 2.24) is 24.8 Å². The number of hydrogen-bond acceptors (Lipinski definition) is 10. The molecule has 2 aliphatic rings. The molecule has 1 saturated heterocycles. The van der Waals surface area contributed by atoms with Crippen LogP contribution < -0.4 is 20.1 Å². The van der Waals surface area contributed by atoms with E-state index < -0.39 is 5.82 Å². The molecule has 44 heavy (non-hydrogen) atoms. The molecule has 0 atom stereocenters. The standard InChI is InChI=1S/C31H30ClFN8O3/c1-3-25(42)40-11-13-41(14-12-40)29-19-7-9-36-30(44-28-20(16-34)23(35)15-22(33)26(28)32)27(19)37-31(38-29)43-24-6-4-5-18-8-10-39(2)17-21(18)24/h3-7,9,15-16,34H,1,8,10-14,17,35H2,2H3. The second kappa shape index (κ2) is 12.1. The molecule has 0 radical (unpaired) electrons. The molecule has 0 saturated carbocycles. The molecule has 0 bridgehead atoms. The second-order valence-electron chi connectivity index (χ2n) is 10.6. The number of carbonyl (C=O) groups excluding carboxylic acids is 1. The van der Waals surface area contributed by atoms with E-state index in [1.165, 1.54) is 17.8 Å². The number of nitrogens with one attached hydrogen (secondary N) is 1. The molecule has 2 aromatic carbocycles. The summed E-state index contributed by atoms with van der Waals surface area (Å²) in [5, 5.41) is 8.08. The second-order valence-corrected chi connectivity index (χ2v) is 11.0. The Morgan fingerprint density at radius 3 is 2.70 bits per heavy atom. The van der Waals surface area contributed by atoms with Crippen molar-refractivity contribution in [3.63, 3.8) is 0 Å². The lowest BCUT2D eigenvalue weighted by atomic mass is 9.99. The third-order valence-electron chi connectivity index (χ3n) is 7.82. The van der Waals surface area contributed by atoms with Gasteiger partial charge in [-0.25, -0.2) is 9.37 Å². The first-order valence-electron chi connectivity index (χ1n) is 14.0. The molecular weight excluding hydrogens is 587 g/mol. The van der Waals surface area contributed by atoms with Crippen molar-refractivity contribution < 1.29 is 18.7 Å². The zero-order valence-corrected chi connectivity index (χ0v) is 24.8. The zero-order valence-electron chi connectivity index (χ0n) is 24.0. The number of anilines is 2. The normalized spacial score (nSPS) is 15.2. The van der Waals surface area contributed by atoms with Crippen LogP contribution in [0.1, 0.15) is 16.7 Å². The number of pyridine rings is 1. The van der Waals surface area contributed by atoms with E-state index in [9.17, 15) is 9.18 Å². The number of hydrogen-bond donors (Lipinski definition) is 2. The number of nitrogens with zero attached hydrogens (tertiary/aromatic N) is 6. The van der Waals surface area contributed by atoms with Crippen molar-refractivity contribution in [2.75, 3.05) is 50.4 Å². The van der Waals surface area contributed by atoms with Crippen molar-refractivity contribution in [3.8, 4) is 23.4 Å². The van der Waals surface area contributed by atoms with Crippen LogP contribution in [0.25, 0.3) is 10.9 Å². The summed E-state index contributed by atoms with van der Waals surface area (Å²) in [4.78, 5) is 32.1. The van der Waals surface area contributed by atoms with Gasteiger partial charge in [-0.1, -0.05) is 30.3 Å². The summed E-state index contributed by atoms with van der Waals surface area (Å²) in [5.41, 5.74) is 8.60. The summed E-state index contributed by atoms with van der Waals surface area (Å²) in [5.74, 6) is 0.115. The van der Waals surface area contributed by atoms with Gasteiger partial charge in [0.2, 0.25) is 11.8 Å². The van der Waals surface area contributed by atoms with Crippen LogP contribution in [0.3, 0.4) is 0 Å². The van der Waals surface area contributed by atoms with Crippen LogP contribution in [0.4, 0.5) is 15.9 Å². The molecule has 4 aromatic rings. The van der Waals surface area contributed by atoms with Crippen molar-refractivity contribution in [2.24, 2.45) is 0 Å². The molecule has 226 valence electrons. The van der Waals surface area contributed by atoms with Crippen LogP contribution in [-0.2, 0) is 17.8 Å². The number of halogens is 2. The lowest BCUT2D eigenvalue weighted by Gasteiger charge is -2.35. The Kier molecular flexibility index (Phi) is 8.02. The van der Waals surface area contributed by atoms with Gasteiger partial charge < -0.3 is 35.3 Å². The average Bonchev–Trinajstić information content (AvgIpc) is 3.03. The number of likely N-dealkylation sites (N-methyl/N-ethyl adjacent to an activating group) is 1. The molecule has 1 fully saturated rings. The molecule has 0 unspecified atom stereocenters. The lowest BCUT2D eigenvalue weighted by molar-refractivity contribution is -0.126. The van der Waals surface area contributed by atoms with Gasteiger partial charge in [-0.2, -0.15) is 9.97 Å². The van der Waals surface area contributed by atoms with Gasteiger partial charge in [0.05, 0.1) is 10.9 Å². The Morgan fingerprint density at radius 2 is 1.95 bits per heavy atom. The molecule has 2 aliphatic heterocycles. The van der Waals surface area contributed by atoms with Crippen LogP contribution in [0.5, 0.6) is 23.4 Å². The summed E-state index contributed by atoms with van der Waals surface area (Å²) in [6.45, 7) is 7.20. The quantitative estimate of drug-likeness (QED) is 0.170. The molecule has 3 N–H and O–H groups in total. The van der Waals surface area contributed by atoms with Gasteiger partial charge >= 0.3 is 6.01 Å². The Morgan fingerprint density at radius 1 is 1.16 bits per heavy atom. The summed E-state index contributed by atoms with van der Waals surface area (Å²) in [7, 11) is 2.06. The average molecular weight is 617 g/mol. The number of piperazine rings is 1. The summed E-state index contributed by atoms with van der Waals surface area (Å²) in [6, 6.07) is 8.78. The first-order valence-corrected chi connectivity index (χ1v) is 14.4. The van der Waals surface area contributed by atoms with Crippen LogP contribution in [-0.4, -0.2) is 76.6 Å². The summed E-state index contributed by atoms with van der Waals surface area (Å²) < 4.78 is 27.0. The van der Waals surface area contributed by atoms with Crippen molar-refractivity contribution >= 4 is 46.1 Å². The van der Waals surface area contributed by atoms with E-state index in [4.69, 9.17) is 42.2 Å². The maximum atomic E-state index is 14.6. The van der Waals surface area contributed by atoms with Crippen molar-refractivity contribution in [3.05, 3.63) is 76.7 Å². The van der Waals surface area contributed by atoms with Gasteiger partial charge in [-0.05, 0) is 43.3 Å². The molecule has 13 heteroatoms. The van der Waals surface area contributed by atoms with Crippen LogP contribution in [0.15, 0.2) is 49.2 Å². The maximum absolute atomic E-state index is 14.6. The number of carbonyl (C=O) groups is 1. The van der Waals surface area contributed by atoms with E-state index in [0.29, 0.717) is 49.7 Å². The molecule has 1 amide bonds. The highest BCUT2D eigenvalue weighted by atomic mass is 35.5. The van der Waals surface area contributed by atoms with Crippen LogP contribution in [0.2, 0.25) is 5.02 Å². The van der Waals surface area contributed by atoms with Crippen molar-refractivity contribution in [2.45, 2.75) is 13.0 Å². The Bertz CT molecular complexity index is 1790. The number of nitrogen functional groups attached to an aromatic ring is 1. The third-order valence-corrected chi connectivity index (χ3v) is 8.17. The number of ether oxygens (including phenoxy) is 2. The molecular formula is C31H30ClFN8O3. The Hall–Kier alpha value is -4.81. The predicted octanol–water partition coefficient (Wildman–Crippen LogP) is 4.80. The monoisotopic (exact) mass is 616 g/mol. The van der Waals surface area contributed by atoms with Gasteiger partial charge in [0.25, 0.3) is 0 Å². The van der Waals surface area contributed by atoms with E-state index in [1.807, 2.05) is 17.0 Å². The highest BCUT2D eigenvalue weighted by Gasteiger charge is 2.26. The van der Waals surface area contributed by atoms with Gasteiger partial charge in [0, 0.05) is 62.9 Å². The summed E-state index contributed by atoms with van der Waals surface area (Å²) >= 11 is 6.28. The van der Waals surface area contributed by atoms with Gasteiger partial charge in [-0.3, -0.25) is 4.79 Å². The van der Waals surface area contributed by atoms with E-state index in [-0.39, 0.29) is 45.3 Å². The first-order chi connectivity index (χ1) is 21.3.